The zero-order valence-electron chi connectivity index (χ0n) is 20.7. The van der Waals surface area contributed by atoms with E-state index >= 15 is 0 Å². The highest BCUT2D eigenvalue weighted by Crippen LogP contribution is 2.30. The zero-order chi connectivity index (χ0) is 27.5. The van der Waals surface area contributed by atoms with Crippen LogP contribution >= 0.6 is 23.5 Å². The van der Waals surface area contributed by atoms with E-state index in [1.54, 1.807) is 23.5 Å². The molecule has 4 aromatic carbocycles. The Bertz CT molecular complexity index is 1410. The van der Waals surface area contributed by atoms with E-state index in [0.717, 1.165) is 54.2 Å². The quantitative estimate of drug-likeness (QED) is 0.128. The minimum absolute atomic E-state index is 0.461. The molecule has 39 heavy (non-hydrogen) atoms. The van der Waals surface area contributed by atoms with Crippen LogP contribution < -0.4 is 0 Å². The molecule has 0 saturated heterocycles. The van der Waals surface area contributed by atoms with Crippen molar-refractivity contribution >= 4 is 35.7 Å². The second-order valence-electron chi connectivity index (χ2n) is 8.34. The Morgan fingerprint density at radius 1 is 0.590 bits per heavy atom. The van der Waals surface area contributed by atoms with Crippen LogP contribution in [0.2, 0.25) is 0 Å². The first-order valence-corrected chi connectivity index (χ1v) is 13.5. The number of hydrogen-bond acceptors (Lipinski definition) is 7. The summed E-state index contributed by atoms with van der Waals surface area (Å²) in [7, 11) is 0. The maximum Gasteiger partial charge on any atom is 0.235 e. The molecule has 0 radical (unpaired) electrons. The Labute approximate surface area is 234 Å². The normalized spacial score (nSPS) is 11.3. The van der Waals surface area contributed by atoms with Crippen LogP contribution in [0.4, 0.5) is 0 Å². The van der Waals surface area contributed by atoms with E-state index in [1.165, 1.54) is 12.2 Å². The summed E-state index contributed by atoms with van der Waals surface area (Å²) in [5.41, 5.74) is 3.65. The molecule has 0 unspecified atom stereocenters. The Hall–Kier alpha value is -4.18. The minimum Gasteiger partial charge on any atom is -0.372 e. The number of benzene rings is 4. The summed E-state index contributed by atoms with van der Waals surface area (Å²) >= 11 is 3.18. The van der Waals surface area contributed by atoms with Crippen molar-refractivity contribution in [1.82, 2.24) is 0 Å². The first-order chi connectivity index (χ1) is 18.9. The number of hydrogen-bond donors (Lipinski definition) is 0. The predicted octanol–water partition coefficient (Wildman–Crippen LogP) is 8.20. The van der Waals surface area contributed by atoms with Crippen molar-refractivity contribution in [2.45, 2.75) is 32.8 Å². The molecule has 4 aromatic rings. The lowest BCUT2D eigenvalue weighted by molar-refractivity contribution is -0.401. The van der Waals surface area contributed by atoms with E-state index in [1.807, 2.05) is 84.9 Å². The zero-order valence-corrected chi connectivity index (χ0v) is 22.3. The molecule has 0 aliphatic heterocycles. The first kappa shape index (κ1) is 27.8. The van der Waals surface area contributed by atoms with Crippen LogP contribution in [-0.2, 0) is 18.0 Å². The van der Waals surface area contributed by atoms with Gasteiger partial charge in [0.15, 0.2) is 0 Å². The van der Waals surface area contributed by atoms with Crippen molar-refractivity contribution < 1.29 is 14.6 Å². The summed E-state index contributed by atoms with van der Waals surface area (Å²) in [4.78, 5) is 24.3. The second-order valence-corrected chi connectivity index (χ2v) is 10.6. The van der Waals surface area contributed by atoms with Gasteiger partial charge in [-0.25, -0.2) is 0 Å². The summed E-state index contributed by atoms with van der Waals surface area (Å²) in [5.74, 6) is 0. The Morgan fingerprint density at radius 2 is 0.974 bits per heavy atom. The van der Waals surface area contributed by atoms with Gasteiger partial charge in [0.25, 0.3) is 0 Å². The third-order valence-corrected chi connectivity index (χ3v) is 7.26. The van der Waals surface area contributed by atoms with Gasteiger partial charge in [-0.15, -0.1) is 0 Å². The van der Waals surface area contributed by atoms with E-state index < -0.39 is 9.85 Å². The summed E-state index contributed by atoms with van der Waals surface area (Å²) in [6.45, 7) is 0.921. The van der Waals surface area contributed by atoms with Crippen molar-refractivity contribution in [2.75, 3.05) is 0 Å². The smallest absolute Gasteiger partial charge is 0.235 e. The average molecular weight is 557 g/mol. The number of nitrogens with zero attached hydrogens (tertiary/aromatic N) is 2. The molecule has 196 valence electrons. The fraction of sp³-hybridized carbons (Fsp3) is 0.0667. The molecule has 0 aliphatic rings. The lowest BCUT2D eigenvalue weighted by Gasteiger charge is -2.09. The maximum atomic E-state index is 10.6. The van der Waals surface area contributed by atoms with Crippen LogP contribution in [0.25, 0.3) is 12.2 Å². The van der Waals surface area contributed by atoms with Crippen molar-refractivity contribution in [3.63, 3.8) is 0 Å². The summed E-state index contributed by atoms with van der Waals surface area (Å²) < 4.78 is 6.00. The monoisotopic (exact) mass is 556 g/mol. The molecular formula is C30H24N2O5S2. The fourth-order valence-electron chi connectivity index (χ4n) is 3.61. The predicted molar refractivity (Wildman–Crippen MR) is 155 cm³/mol. The van der Waals surface area contributed by atoms with Gasteiger partial charge in [0.1, 0.15) is 0 Å². The van der Waals surface area contributed by atoms with Crippen LogP contribution in [0.5, 0.6) is 0 Å². The Balaban J connectivity index is 1.32. The molecule has 0 bridgehead atoms. The standard InChI is InChI=1S/C30H24N2O5S2/c33-31(34)15-13-23-5-1-9-27(17-23)38-29-11-3-7-25(19-29)21-37-22-26-8-4-12-30(20-26)39-28-10-2-6-24(18-28)14-16-32(35)36/h1-20H,21-22H2. The third-order valence-electron chi connectivity index (χ3n) is 5.30. The lowest BCUT2D eigenvalue weighted by Crippen LogP contribution is -1.94. The summed E-state index contributed by atoms with van der Waals surface area (Å²) in [6.07, 6.45) is 4.84. The molecule has 0 fully saturated rings. The topological polar surface area (TPSA) is 95.5 Å². The second kappa shape index (κ2) is 14.1. The van der Waals surface area contributed by atoms with Gasteiger partial charge >= 0.3 is 0 Å². The summed E-state index contributed by atoms with van der Waals surface area (Å²) in [5, 5.41) is 21.2. The number of nitro groups is 2. The fourth-order valence-corrected chi connectivity index (χ4v) is 5.56. The summed E-state index contributed by atoms with van der Waals surface area (Å²) in [6, 6.07) is 31.4. The van der Waals surface area contributed by atoms with Crippen molar-refractivity contribution in [3.05, 3.63) is 152 Å². The van der Waals surface area contributed by atoms with Crippen LogP contribution in [0, 0.1) is 20.2 Å². The molecular weight excluding hydrogens is 532 g/mol. The molecule has 0 heterocycles. The van der Waals surface area contributed by atoms with Crippen molar-refractivity contribution in [1.29, 1.82) is 0 Å². The van der Waals surface area contributed by atoms with Gasteiger partial charge in [-0.05, 0) is 70.8 Å². The van der Waals surface area contributed by atoms with Gasteiger partial charge in [0, 0.05) is 31.7 Å². The largest absolute Gasteiger partial charge is 0.372 e. The van der Waals surface area contributed by atoms with Crippen molar-refractivity contribution in [3.8, 4) is 0 Å². The van der Waals surface area contributed by atoms with Crippen LogP contribution in [0.3, 0.4) is 0 Å². The molecule has 0 spiro atoms. The van der Waals surface area contributed by atoms with E-state index in [0.29, 0.717) is 13.2 Å². The number of ether oxygens (including phenoxy) is 1. The molecule has 0 atom stereocenters. The lowest BCUT2D eigenvalue weighted by atomic mass is 10.2. The van der Waals surface area contributed by atoms with Crippen LogP contribution in [0.15, 0.2) is 129 Å². The maximum absolute atomic E-state index is 10.6. The molecule has 7 nitrogen and oxygen atoms in total. The Kier molecular flexibility index (Phi) is 10.1. The van der Waals surface area contributed by atoms with Gasteiger partial charge in [0.2, 0.25) is 12.4 Å². The van der Waals surface area contributed by atoms with Gasteiger partial charge in [-0.1, -0.05) is 72.1 Å². The van der Waals surface area contributed by atoms with E-state index in [-0.39, 0.29) is 0 Å². The van der Waals surface area contributed by atoms with Crippen molar-refractivity contribution in [2.24, 2.45) is 0 Å². The highest BCUT2D eigenvalue weighted by molar-refractivity contribution is 7.99. The van der Waals surface area contributed by atoms with Crippen LogP contribution in [-0.4, -0.2) is 9.85 Å². The molecule has 0 N–H and O–H groups in total. The molecule has 0 amide bonds. The molecule has 0 aliphatic carbocycles. The highest BCUT2D eigenvalue weighted by Gasteiger charge is 2.04. The Morgan fingerprint density at radius 3 is 1.38 bits per heavy atom. The molecule has 4 rings (SSSR count). The molecule has 9 heteroatoms. The number of rotatable bonds is 12. The SMILES string of the molecule is O=[N+]([O-])C=Cc1cccc(Sc2cccc(COCc3cccc(Sc4cccc(C=C[N+](=O)[O-])c4)c3)c2)c1. The van der Waals surface area contributed by atoms with Gasteiger partial charge < -0.3 is 4.74 Å². The van der Waals surface area contributed by atoms with Gasteiger partial charge in [-0.3, -0.25) is 20.2 Å². The molecule has 0 saturated carbocycles. The molecule has 0 aromatic heterocycles. The van der Waals surface area contributed by atoms with E-state index in [4.69, 9.17) is 4.74 Å². The van der Waals surface area contributed by atoms with Gasteiger partial charge in [-0.2, -0.15) is 0 Å². The minimum atomic E-state index is -0.473. The third kappa shape index (κ3) is 9.57. The van der Waals surface area contributed by atoms with E-state index in [9.17, 15) is 20.2 Å². The van der Waals surface area contributed by atoms with Crippen LogP contribution in [0.1, 0.15) is 22.3 Å². The first-order valence-electron chi connectivity index (χ1n) is 11.9. The highest BCUT2D eigenvalue weighted by atomic mass is 32.2. The average Bonchev–Trinajstić information content (AvgIpc) is 2.92. The van der Waals surface area contributed by atoms with Gasteiger partial charge in [0.05, 0.1) is 23.1 Å². The van der Waals surface area contributed by atoms with E-state index in [2.05, 4.69) is 12.1 Å².